The monoisotopic (exact) mass is 1150 g/mol. The Morgan fingerprint density at radius 3 is 1.53 bits per heavy atom. The molecule has 2 aliphatic heterocycles. The van der Waals surface area contributed by atoms with E-state index in [0.717, 1.165) is 39.9 Å². The summed E-state index contributed by atoms with van der Waals surface area (Å²) in [6, 6.07) is 19.9. The highest BCUT2D eigenvalue weighted by Crippen LogP contribution is 2.40. The SMILES string of the molecule is CN1Cc2c(Cl)cc(Cl)cc2[C@@H](c2ccc(S(=O)(=O)NCCOCOCCNC(=O)NCOCOCNC(=O)NCCOCCOCCNS(=O)(=O)c3cccc([C@@H]4CN(C)Cc5c(Cl)cc(Cl)cc54)c3)cc2)C1. The van der Waals surface area contributed by atoms with Gasteiger partial charge in [0.15, 0.2) is 6.79 Å². The molecule has 0 aromatic heterocycles. The van der Waals surface area contributed by atoms with E-state index in [4.69, 9.17) is 74.8 Å². The Morgan fingerprint density at radius 1 is 0.527 bits per heavy atom. The van der Waals surface area contributed by atoms with E-state index in [-0.39, 0.29) is 114 Å². The molecule has 6 rings (SSSR count). The first-order valence-corrected chi connectivity index (χ1v) is 28.0. The van der Waals surface area contributed by atoms with Crippen LogP contribution in [0.5, 0.6) is 0 Å². The van der Waals surface area contributed by atoms with Gasteiger partial charge >= 0.3 is 12.1 Å². The van der Waals surface area contributed by atoms with Crippen molar-refractivity contribution in [3.8, 4) is 0 Å². The third-order valence-electron chi connectivity index (χ3n) is 11.7. The predicted octanol–water partition coefficient (Wildman–Crippen LogP) is 5.24. The molecule has 0 spiro atoms. The van der Waals surface area contributed by atoms with E-state index in [1.807, 2.05) is 32.3 Å². The van der Waals surface area contributed by atoms with Gasteiger partial charge in [0.25, 0.3) is 0 Å². The first-order chi connectivity index (χ1) is 35.5. The van der Waals surface area contributed by atoms with E-state index < -0.39 is 32.1 Å². The van der Waals surface area contributed by atoms with Crippen LogP contribution in [-0.4, -0.2) is 159 Å². The van der Waals surface area contributed by atoms with Crippen molar-refractivity contribution in [3.63, 3.8) is 0 Å². The number of nitrogens with zero attached hydrogens (tertiary/aromatic N) is 2. The molecule has 4 amide bonds. The summed E-state index contributed by atoms with van der Waals surface area (Å²) >= 11 is 25.6. The molecule has 2 aliphatic rings. The lowest BCUT2D eigenvalue weighted by Crippen LogP contribution is -2.39. The number of benzene rings is 4. The molecule has 0 unspecified atom stereocenters. The fourth-order valence-corrected chi connectivity index (χ4v) is 11.4. The van der Waals surface area contributed by atoms with E-state index in [2.05, 4.69) is 40.5 Å². The van der Waals surface area contributed by atoms with Crippen LogP contribution in [0, 0.1) is 0 Å². The number of ether oxygens (including phenoxy) is 6. The summed E-state index contributed by atoms with van der Waals surface area (Å²) in [6.07, 6.45) is 0. The number of hydrogen-bond donors (Lipinski definition) is 6. The van der Waals surface area contributed by atoms with Gasteiger partial charge in [-0.25, -0.2) is 35.9 Å². The minimum atomic E-state index is -3.81. The van der Waals surface area contributed by atoms with Gasteiger partial charge in [-0.15, -0.1) is 0 Å². The van der Waals surface area contributed by atoms with Gasteiger partial charge in [-0.2, -0.15) is 0 Å². The van der Waals surface area contributed by atoms with E-state index in [1.54, 1.807) is 54.6 Å². The van der Waals surface area contributed by atoms with Gasteiger partial charge in [-0.05, 0) is 96.0 Å². The highest BCUT2D eigenvalue weighted by Gasteiger charge is 2.29. The maximum atomic E-state index is 13.1. The summed E-state index contributed by atoms with van der Waals surface area (Å²) < 4.78 is 89.1. The fraction of sp³-hybridized carbons (Fsp3) is 0.458. The Kier molecular flexibility index (Phi) is 23.7. The van der Waals surface area contributed by atoms with Gasteiger partial charge in [0.05, 0.1) is 49.4 Å². The Balaban J connectivity index is 0.700. The molecule has 0 saturated heterocycles. The molecule has 6 N–H and O–H groups in total. The number of amides is 4. The molecule has 26 heteroatoms. The predicted molar refractivity (Wildman–Crippen MR) is 281 cm³/mol. The molecule has 0 saturated carbocycles. The lowest BCUT2D eigenvalue weighted by atomic mass is 9.85. The van der Waals surface area contributed by atoms with Crippen molar-refractivity contribution in [2.45, 2.75) is 34.7 Å². The van der Waals surface area contributed by atoms with Crippen molar-refractivity contribution < 1.29 is 54.8 Å². The van der Waals surface area contributed by atoms with Crippen LogP contribution >= 0.6 is 46.4 Å². The second-order valence-electron chi connectivity index (χ2n) is 17.2. The van der Waals surface area contributed by atoms with E-state index in [1.165, 1.54) is 0 Å². The summed E-state index contributed by atoms with van der Waals surface area (Å²) in [7, 11) is -3.59. The minimum Gasteiger partial charge on any atom is -0.378 e. The van der Waals surface area contributed by atoms with Crippen LogP contribution in [0.25, 0.3) is 0 Å². The zero-order valence-corrected chi connectivity index (χ0v) is 45.6. The van der Waals surface area contributed by atoms with E-state index in [0.29, 0.717) is 39.7 Å². The van der Waals surface area contributed by atoms with Crippen LogP contribution in [0.1, 0.15) is 45.2 Å². The summed E-state index contributed by atoms with van der Waals surface area (Å²) in [5.41, 5.74) is 5.81. The van der Waals surface area contributed by atoms with Crippen molar-refractivity contribution in [2.24, 2.45) is 0 Å². The highest BCUT2D eigenvalue weighted by atomic mass is 35.5. The minimum absolute atomic E-state index is 0.0153. The average molecular weight is 1150 g/mol. The maximum Gasteiger partial charge on any atom is 0.316 e. The first kappa shape index (κ1) is 59.3. The number of fused-ring (bicyclic) bond motifs is 2. The number of sulfonamides is 2. The summed E-state index contributed by atoms with van der Waals surface area (Å²) in [6.45, 7) is 3.63. The third kappa shape index (κ3) is 18.4. The molecule has 74 heavy (non-hydrogen) atoms. The van der Waals surface area contributed by atoms with Gasteiger partial charge in [-0.3, -0.25) is 0 Å². The standard InChI is InChI=1S/C48H62Cl4N8O12S2/c1-59-25-41(39-21-35(49)23-45(51)43(39)27-59)33-6-8-37(9-7-33)73(63,64)57-13-17-70-31-69-15-11-54-48(62)56-30-72-32-71-29-55-47(61)53-10-14-67-18-19-68-16-12-58-74(65,66)38-5-3-4-34(20-38)42-26-60(2)28-44-40(42)22-36(50)24-46(44)52/h3-9,20-24,41-42,57-58H,10-19,25-32H2,1-2H3,(H2,53,55,61)(H2,54,56,62)/t41-,42+/m1/s1. The highest BCUT2D eigenvalue weighted by molar-refractivity contribution is 7.89. The molecule has 0 fully saturated rings. The molecular weight excluding hydrogens is 1090 g/mol. The number of hydrogen-bond acceptors (Lipinski definition) is 14. The van der Waals surface area contributed by atoms with Crippen LogP contribution in [0.3, 0.4) is 0 Å². The van der Waals surface area contributed by atoms with Gasteiger partial charge in [0.2, 0.25) is 20.0 Å². The van der Waals surface area contributed by atoms with Crippen LogP contribution in [0.15, 0.2) is 82.6 Å². The molecule has 4 aromatic carbocycles. The van der Waals surface area contributed by atoms with Gasteiger partial charge in [0.1, 0.15) is 20.3 Å². The summed E-state index contributed by atoms with van der Waals surface area (Å²) in [4.78, 5) is 28.5. The number of urea groups is 2. The molecule has 406 valence electrons. The summed E-state index contributed by atoms with van der Waals surface area (Å²) in [5.74, 6) is -0.119. The van der Waals surface area contributed by atoms with Crippen LogP contribution in [0.2, 0.25) is 20.1 Å². The fourth-order valence-electron chi connectivity index (χ4n) is 8.17. The van der Waals surface area contributed by atoms with Crippen LogP contribution < -0.4 is 30.7 Å². The Bertz CT molecular complexity index is 2720. The number of carbonyl (C=O) groups is 2. The third-order valence-corrected chi connectivity index (χ3v) is 15.7. The number of nitrogens with one attached hydrogen (secondary N) is 6. The van der Waals surface area contributed by atoms with Crippen molar-refractivity contribution in [1.29, 1.82) is 0 Å². The lowest BCUT2D eigenvalue weighted by Gasteiger charge is -2.33. The quantitative estimate of drug-likeness (QED) is 0.0302. The number of rotatable bonds is 29. The van der Waals surface area contributed by atoms with E-state index >= 15 is 0 Å². The van der Waals surface area contributed by atoms with Gasteiger partial charge in [-0.1, -0.05) is 70.7 Å². The maximum absolute atomic E-state index is 13.1. The second kappa shape index (κ2) is 29.6. The smallest absolute Gasteiger partial charge is 0.316 e. The molecule has 4 aromatic rings. The normalized spacial score (nSPS) is 16.1. The second-order valence-corrected chi connectivity index (χ2v) is 22.4. The molecule has 0 bridgehead atoms. The zero-order chi connectivity index (χ0) is 53.1. The van der Waals surface area contributed by atoms with Crippen LogP contribution in [-0.2, 0) is 61.6 Å². The average Bonchev–Trinajstić information content (AvgIpc) is 3.36. The number of likely N-dealkylation sites (N-methyl/N-ethyl adjacent to an activating group) is 2. The van der Waals surface area contributed by atoms with Crippen molar-refractivity contribution in [2.75, 3.05) is 120 Å². The topological polar surface area (TPSA) is 236 Å². The summed E-state index contributed by atoms with van der Waals surface area (Å²) in [5, 5.41) is 12.4. The molecule has 20 nitrogen and oxygen atoms in total. The van der Waals surface area contributed by atoms with Gasteiger partial charge < -0.3 is 59.5 Å². The largest absolute Gasteiger partial charge is 0.378 e. The molecule has 2 heterocycles. The zero-order valence-electron chi connectivity index (χ0n) is 40.9. The first-order valence-electron chi connectivity index (χ1n) is 23.5. The van der Waals surface area contributed by atoms with E-state index in [9.17, 15) is 26.4 Å². The Labute approximate surface area is 452 Å². The van der Waals surface area contributed by atoms with Gasteiger partial charge in [0, 0.05) is 84.3 Å². The molecule has 0 aliphatic carbocycles. The Hall–Kier alpha value is -3.92. The number of carbonyl (C=O) groups excluding carboxylic acids is 2. The number of halogens is 4. The van der Waals surface area contributed by atoms with Crippen molar-refractivity contribution >= 4 is 78.5 Å². The van der Waals surface area contributed by atoms with Crippen molar-refractivity contribution in [1.82, 2.24) is 40.5 Å². The molecule has 2 atom stereocenters. The molecule has 0 radical (unpaired) electrons. The Morgan fingerprint density at radius 2 is 0.986 bits per heavy atom. The lowest BCUT2D eigenvalue weighted by molar-refractivity contribution is -0.0602. The van der Waals surface area contributed by atoms with Crippen LogP contribution in [0.4, 0.5) is 9.59 Å². The van der Waals surface area contributed by atoms with Crippen molar-refractivity contribution in [3.05, 3.63) is 126 Å². The molecular formula is C48H62Cl4N8O12S2.